The predicted octanol–water partition coefficient (Wildman–Crippen LogP) is 2.95. The van der Waals surface area contributed by atoms with E-state index in [-0.39, 0.29) is 18.4 Å². The van der Waals surface area contributed by atoms with Crippen LogP contribution >= 0.6 is 0 Å². The lowest BCUT2D eigenvalue weighted by atomic mass is 10.1. The van der Waals surface area contributed by atoms with E-state index in [4.69, 9.17) is 9.47 Å². The summed E-state index contributed by atoms with van der Waals surface area (Å²) in [4.78, 5) is 11.4. The molecule has 2 heterocycles. The highest BCUT2D eigenvalue weighted by Crippen LogP contribution is 2.36. The summed E-state index contributed by atoms with van der Waals surface area (Å²) in [5, 5.41) is 13.8. The Bertz CT molecular complexity index is 693. The van der Waals surface area contributed by atoms with Crippen molar-refractivity contribution in [2.24, 2.45) is 0 Å². The van der Waals surface area contributed by atoms with Crippen LogP contribution in [-0.4, -0.2) is 27.6 Å². The third-order valence-electron chi connectivity index (χ3n) is 3.65. The zero-order valence-electron chi connectivity index (χ0n) is 11.9. The van der Waals surface area contributed by atoms with Crippen LogP contribution in [0.1, 0.15) is 36.7 Å². The lowest BCUT2D eigenvalue weighted by Crippen LogP contribution is -2.04. The third-order valence-corrected chi connectivity index (χ3v) is 3.65. The monoisotopic (exact) mass is 288 g/mol. The smallest absolute Gasteiger partial charge is 0.339 e. The van der Waals surface area contributed by atoms with E-state index < -0.39 is 5.97 Å². The van der Waals surface area contributed by atoms with Crippen LogP contribution in [0.4, 0.5) is 0 Å². The first-order valence-electron chi connectivity index (χ1n) is 6.82. The predicted molar refractivity (Wildman–Crippen MR) is 75.7 cm³/mol. The van der Waals surface area contributed by atoms with Gasteiger partial charge in [0.2, 0.25) is 6.79 Å². The van der Waals surface area contributed by atoms with Crippen LogP contribution in [0.2, 0.25) is 0 Å². The fourth-order valence-electron chi connectivity index (χ4n) is 2.22. The first-order valence-corrected chi connectivity index (χ1v) is 6.82. The summed E-state index contributed by atoms with van der Waals surface area (Å²) in [6, 6.07) is 5.47. The van der Waals surface area contributed by atoms with Crippen molar-refractivity contribution in [3.8, 4) is 22.8 Å². The second kappa shape index (κ2) is 5.12. The van der Waals surface area contributed by atoms with Gasteiger partial charge < -0.3 is 14.6 Å². The molecule has 1 aliphatic rings. The quantitative estimate of drug-likeness (QED) is 0.936. The van der Waals surface area contributed by atoms with Gasteiger partial charge in [-0.15, -0.1) is 0 Å². The molecule has 3 rings (SSSR count). The molecule has 0 amide bonds. The Kier molecular flexibility index (Phi) is 3.29. The lowest BCUT2D eigenvalue weighted by molar-refractivity contribution is 0.0697. The largest absolute Gasteiger partial charge is 0.478 e. The second-order valence-corrected chi connectivity index (χ2v) is 5.00. The van der Waals surface area contributed by atoms with Crippen LogP contribution in [0.5, 0.6) is 11.5 Å². The molecule has 1 aromatic heterocycles. The van der Waals surface area contributed by atoms with Crippen LogP contribution in [-0.2, 0) is 0 Å². The highest BCUT2D eigenvalue weighted by atomic mass is 16.7. The molecule has 1 aromatic carbocycles. The van der Waals surface area contributed by atoms with E-state index in [1.807, 2.05) is 13.8 Å². The SMILES string of the molecule is CCC(C)n1cc(C(=O)O)c(-c2ccc3c(c2)OCO3)n1. The van der Waals surface area contributed by atoms with Crippen molar-refractivity contribution in [3.63, 3.8) is 0 Å². The molecule has 1 aliphatic heterocycles. The number of hydrogen-bond donors (Lipinski definition) is 1. The molecule has 1 unspecified atom stereocenters. The number of carboxylic acid groups (broad SMARTS) is 1. The van der Waals surface area contributed by atoms with Gasteiger partial charge in [-0.25, -0.2) is 4.79 Å². The number of carboxylic acids is 1. The van der Waals surface area contributed by atoms with Crippen molar-refractivity contribution in [3.05, 3.63) is 30.0 Å². The Balaban J connectivity index is 2.08. The number of nitrogens with zero attached hydrogens (tertiary/aromatic N) is 2. The van der Waals surface area contributed by atoms with E-state index in [1.54, 1.807) is 29.1 Å². The van der Waals surface area contributed by atoms with Gasteiger partial charge in [-0.1, -0.05) is 6.92 Å². The van der Waals surface area contributed by atoms with Crippen LogP contribution < -0.4 is 9.47 Å². The van der Waals surface area contributed by atoms with Crippen LogP contribution in [0.25, 0.3) is 11.3 Å². The fraction of sp³-hybridized carbons (Fsp3) is 0.333. The van der Waals surface area contributed by atoms with Gasteiger partial charge in [0.1, 0.15) is 11.3 Å². The molecular weight excluding hydrogens is 272 g/mol. The summed E-state index contributed by atoms with van der Waals surface area (Å²) in [7, 11) is 0. The Morgan fingerprint density at radius 1 is 1.43 bits per heavy atom. The van der Waals surface area contributed by atoms with Crippen molar-refractivity contribution >= 4 is 5.97 Å². The van der Waals surface area contributed by atoms with E-state index >= 15 is 0 Å². The van der Waals surface area contributed by atoms with E-state index in [2.05, 4.69) is 5.10 Å². The van der Waals surface area contributed by atoms with Gasteiger partial charge in [-0.05, 0) is 31.5 Å². The molecule has 0 saturated carbocycles. The van der Waals surface area contributed by atoms with Crippen LogP contribution in [0.3, 0.4) is 0 Å². The topological polar surface area (TPSA) is 73.6 Å². The van der Waals surface area contributed by atoms with E-state index in [9.17, 15) is 9.90 Å². The van der Waals surface area contributed by atoms with E-state index in [1.165, 1.54) is 0 Å². The maximum atomic E-state index is 11.4. The maximum Gasteiger partial charge on any atom is 0.339 e. The third kappa shape index (κ3) is 2.33. The molecule has 2 aromatic rings. The molecule has 0 fully saturated rings. The van der Waals surface area contributed by atoms with E-state index in [0.717, 1.165) is 6.42 Å². The van der Waals surface area contributed by atoms with Gasteiger partial charge in [0.25, 0.3) is 0 Å². The molecule has 0 spiro atoms. The Hall–Kier alpha value is -2.50. The van der Waals surface area contributed by atoms with Crippen molar-refractivity contribution in [1.82, 2.24) is 9.78 Å². The number of aromatic nitrogens is 2. The number of aromatic carboxylic acids is 1. The van der Waals surface area contributed by atoms with Gasteiger partial charge in [-0.2, -0.15) is 5.10 Å². The summed E-state index contributed by atoms with van der Waals surface area (Å²) in [5.74, 6) is 0.288. The highest BCUT2D eigenvalue weighted by Gasteiger charge is 2.21. The highest BCUT2D eigenvalue weighted by molar-refractivity contribution is 5.94. The van der Waals surface area contributed by atoms with Crippen LogP contribution in [0.15, 0.2) is 24.4 Å². The number of fused-ring (bicyclic) bond motifs is 1. The van der Waals surface area contributed by atoms with Gasteiger partial charge >= 0.3 is 5.97 Å². The molecule has 0 bridgehead atoms. The minimum Gasteiger partial charge on any atom is -0.478 e. The molecule has 1 N–H and O–H groups in total. The van der Waals surface area contributed by atoms with Crippen molar-refractivity contribution in [1.29, 1.82) is 0 Å². The first kappa shape index (κ1) is 13.5. The Morgan fingerprint density at radius 2 is 2.19 bits per heavy atom. The van der Waals surface area contributed by atoms with Gasteiger partial charge in [0.15, 0.2) is 11.5 Å². The standard InChI is InChI=1S/C15H16N2O4/c1-3-9(2)17-7-11(15(18)19)14(16-17)10-4-5-12-13(6-10)21-8-20-12/h4-7,9H,3,8H2,1-2H3,(H,18,19). The zero-order chi connectivity index (χ0) is 15.0. The van der Waals surface area contributed by atoms with Gasteiger partial charge in [0.05, 0.1) is 0 Å². The van der Waals surface area contributed by atoms with Crippen molar-refractivity contribution in [2.75, 3.05) is 6.79 Å². The lowest BCUT2D eigenvalue weighted by Gasteiger charge is -2.08. The molecule has 110 valence electrons. The number of benzene rings is 1. The van der Waals surface area contributed by atoms with Crippen molar-refractivity contribution < 1.29 is 19.4 Å². The summed E-state index contributed by atoms with van der Waals surface area (Å²) >= 11 is 0. The van der Waals surface area contributed by atoms with Gasteiger partial charge in [0, 0.05) is 17.8 Å². The number of carbonyl (C=O) groups is 1. The number of rotatable bonds is 4. The minimum atomic E-state index is -0.989. The molecule has 1 atom stereocenters. The summed E-state index contributed by atoms with van der Waals surface area (Å²) < 4.78 is 12.3. The molecule has 6 nitrogen and oxygen atoms in total. The maximum absolute atomic E-state index is 11.4. The number of hydrogen-bond acceptors (Lipinski definition) is 4. The average Bonchev–Trinajstić information content (AvgIpc) is 3.11. The summed E-state index contributed by atoms with van der Waals surface area (Å²) in [6.45, 7) is 4.22. The summed E-state index contributed by atoms with van der Waals surface area (Å²) in [5.41, 5.74) is 1.34. The van der Waals surface area contributed by atoms with Gasteiger partial charge in [-0.3, -0.25) is 4.68 Å². The number of ether oxygens (including phenoxy) is 2. The van der Waals surface area contributed by atoms with E-state index in [0.29, 0.717) is 22.8 Å². The van der Waals surface area contributed by atoms with Crippen molar-refractivity contribution in [2.45, 2.75) is 26.3 Å². The molecule has 0 saturated heterocycles. The Morgan fingerprint density at radius 3 is 2.90 bits per heavy atom. The molecular formula is C15H16N2O4. The Labute approximate surface area is 121 Å². The zero-order valence-corrected chi connectivity index (χ0v) is 11.9. The molecule has 21 heavy (non-hydrogen) atoms. The molecule has 0 radical (unpaired) electrons. The normalized spacial score (nSPS) is 14.2. The average molecular weight is 288 g/mol. The van der Waals surface area contributed by atoms with Crippen LogP contribution in [0, 0.1) is 0 Å². The molecule has 6 heteroatoms. The first-order chi connectivity index (χ1) is 10.1. The minimum absolute atomic E-state index is 0.144. The fourth-order valence-corrected chi connectivity index (χ4v) is 2.22. The second-order valence-electron chi connectivity index (χ2n) is 5.00. The summed E-state index contributed by atoms with van der Waals surface area (Å²) in [6.07, 6.45) is 2.46. The molecule has 0 aliphatic carbocycles.